The third-order valence-electron chi connectivity index (χ3n) is 3.28. The molecule has 2 aromatic carbocycles. The summed E-state index contributed by atoms with van der Waals surface area (Å²) in [4.78, 5) is 0.130. The van der Waals surface area contributed by atoms with E-state index in [9.17, 15) is 21.6 Å². The van der Waals surface area contributed by atoms with Crippen LogP contribution in [0, 0.1) is 18.8 Å². The third-order valence-corrected chi connectivity index (χ3v) is 4.70. The zero-order valence-corrected chi connectivity index (χ0v) is 14.6. The van der Waals surface area contributed by atoms with Crippen LogP contribution in [-0.2, 0) is 16.2 Å². The largest absolute Gasteiger partial charge is 0.481 e. The highest BCUT2D eigenvalue weighted by molar-refractivity contribution is 7.89. The Hall–Kier alpha value is -2.50. The smallest absolute Gasteiger partial charge is 0.416 e. The predicted molar refractivity (Wildman–Crippen MR) is 91.1 cm³/mol. The highest BCUT2D eigenvalue weighted by atomic mass is 32.2. The first-order valence-corrected chi connectivity index (χ1v) is 8.99. The number of hydrogen-bond donors (Lipinski definition) is 1. The lowest BCUT2D eigenvalue weighted by Crippen LogP contribution is -2.24. The number of rotatable bonds is 5. The highest BCUT2D eigenvalue weighted by Crippen LogP contribution is 2.31. The molecule has 0 saturated carbocycles. The van der Waals surface area contributed by atoms with Crippen LogP contribution in [0.5, 0.6) is 5.75 Å². The number of nitrogens with one attached hydrogen (secondary N) is 1. The van der Waals surface area contributed by atoms with E-state index in [-0.39, 0.29) is 23.8 Å². The summed E-state index contributed by atoms with van der Waals surface area (Å²) in [6.45, 7) is 1.55. The van der Waals surface area contributed by atoms with E-state index in [1.807, 2.05) is 6.92 Å². The van der Waals surface area contributed by atoms with Gasteiger partial charge < -0.3 is 4.74 Å². The van der Waals surface area contributed by atoms with E-state index < -0.39 is 21.8 Å². The van der Waals surface area contributed by atoms with Gasteiger partial charge in [-0.25, -0.2) is 8.42 Å². The lowest BCUT2D eigenvalue weighted by molar-refractivity contribution is -0.137. The summed E-state index contributed by atoms with van der Waals surface area (Å²) in [6.07, 6.45) is -4.45. The van der Waals surface area contributed by atoms with E-state index >= 15 is 0 Å². The number of sulfonamides is 1. The van der Waals surface area contributed by atoms with Crippen molar-refractivity contribution < 1.29 is 26.3 Å². The van der Waals surface area contributed by atoms with Crippen LogP contribution in [0.1, 0.15) is 11.1 Å². The van der Waals surface area contributed by atoms with Crippen LogP contribution < -0.4 is 9.46 Å². The van der Waals surface area contributed by atoms with Crippen LogP contribution in [0.15, 0.2) is 53.4 Å². The monoisotopic (exact) mass is 383 g/mol. The molecule has 0 atom stereocenters. The third kappa shape index (κ3) is 5.79. The summed E-state index contributed by atoms with van der Waals surface area (Å²) in [5.74, 6) is 5.13. The quantitative estimate of drug-likeness (QED) is 0.806. The fourth-order valence-electron chi connectivity index (χ4n) is 1.93. The zero-order valence-electron chi connectivity index (χ0n) is 13.8. The van der Waals surface area contributed by atoms with Gasteiger partial charge in [0.05, 0.1) is 17.0 Å². The average Bonchev–Trinajstić information content (AvgIpc) is 2.58. The van der Waals surface area contributed by atoms with E-state index in [0.29, 0.717) is 0 Å². The molecule has 0 unspecified atom stereocenters. The molecule has 0 saturated heterocycles. The minimum atomic E-state index is -4.45. The van der Waals surface area contributed by atoms with Gasteiger partial charge in [0.1, 0.15) is 12.4 Å². The molecular formula is C18H16F3NO3S. The van der Waals surface area contributed by atoms with Crippen LogP contribution >= 0.6 is 0 Å². The van der Waals surface area contributed by atoms with Crippen molar-refractivity contribution in [1.29, 1.82) is 0 Å². The maximum absolute atomic E-state index is 12.6. The molecule has 0 radical (unpaired) electrons. The number of ether oxygens (including phenoxy) is 1. The molecule has 0 aliphatic rings. The standard InChI is InChI=1S/C18H16F3NO3S/c1-14-7-9-17(10-8-14)26(23,24)22-11-2-3-12-25-16-6-4-5-15(13-16)18(19,20)21/h4-10,13,22H,11-12H2,1H3. The second-order valence-electron chi connectivity index (χ2n) is 5.31. The first kappa shape index (κ1) is 19.8. The van der Waals surface area contributed by atoms with Gasteiger partial charge in [-0.1, -0.05) is 35.6 Å². The maximum atomic E-state index is 12.6. The number of halogens is 3. The van der Waals surface area contributed by atoms with Crippen molar-refractivity contribution in [2.45, 2.75) is 18.0 Å². The lowest BCUT2D eigenvalue weighted by atomic mass is 10.2. The maximum Gasteiger partial charge on any atom is 0.416 e. The number of alkyl halides is 3. The Morgan fingerprint density at radius 2 is 1.77 bits per heavy atom. The summed E-state index contributed by atoms with van der Waals surface area (Å²) >= 11 is 0. The number of benzene rings is 2. The van der Waals surface area contributed by atoms with Crippen molar-refractivity contribution in [3.8, 4) is 17.6 Å². The molecule has 0 fully saturated rings. The molecule has 0 aromatic heterocycles. The minimum absolute atomic E-state index is 0.0364. The highest BCUT2D eigenvalue weighted by Gasteiger charge is 2.30. The SMILES string of the molecule is Cc1ccc(S(=O)(=O)NCC#CCOc2cccc(C(F)(F)F)c2)cc1. The van der Waals surface area contributed by atoms with Gasteiger partial charge in [0.2, 0.25) is 10.0 Å². The van der Waals surface area contributed by atoms with Gasteiger partial charge in [-0.05, 0) is 37.3 Å². The Kier molecular flexibility index (Phi) is 6.29. The second kappa shape index (κ2) is 8.25. The number of hydrogen-bond acceptors (Lipinski definition) is 3. The molecule has 26 heavy (non-hydrogen) atoms. The molecule has 0 amide bonds. The van der Waals surface area contributed by atoms with Gasteiger partial charge in [-0.15, -0.1) is 0 Å². The van der Waals surface area contributed by atoms with Gasteiger partial charge >= 0.3 is 6.18 Å². The van der Waals surface area contributed by atoms with Gasteiger partial charge in [-0.2, -0.15) is 17.9 Å². The zero-order chi connectivity index (χ0) is 19.2. The van der Waals surface area contributed by atoms with Crippen molar-refractivity contribution in [3.63, 3.8) is 0 Å². The summed E-state index contributed by atoms with van der Waals surface area (Å²) in [7, 11) is -3.66. The Morgan fingerprint density at radius 1 is 1.08 bits per heavy atom. The Labute approximate surface area is 150 Å². The summed E-state index contributed by atoms with van der Waals surface area (Å²) < 4.78 is 69.2. The van der Waals surface area contributed by atoms with Gasteiger partial charge in [0.25, 0.3) is 0 Å². The van der Waals surface area contributed by atoms with Crippen molar-refractivity contribution in [2.75, 3.05) is 13.2 Å². The Bertz CT molecular complexity index is 911. The molecule has 138 valence electrons. The van der Waals surface area contributed by atoms with E-state index in [4.69, 9.17) is 4.74 Å². The molecule has 0 aliphatic heterocycles. The van der Waals surface area contributed by atoms with Crippen molar-refractivity contribution in [2.24, 2.45) is 0 Å². The van der Waals surface area contributed by atoms with E-state index in [1.54, 1.807) is 12.1 Å². The molecule has 2 rings (SSSR count). The van der Waals surface area contributed by atoms with E-state index in [1.165, 1.54) is 24.3 Å². The van der Waals surface area contributed by atoms with E-state index in [0.717, 1.165) is 17.7 Å². The minimum Gasteiger partial charge on any atom is -0.481 e. The Balaban J connectivity index is 1.85. The van der Waals surface area contributed by atoms with Crippen molar-refractivity contribution in [3.05, 3.63) is 59.7 Å². The lowest BCUT2D eigenvalue weighted by Gasteiger charge is -2.08. The van der Waals surface area contributed by atoms with Gasteiger partial charge in [-0.3, -0.25) is 0 Å². The molecule has 0 bridgehead atoms. The van der Waals surface area contributed by atoms with Crippen molar-refractivity contribution >= 4 is 10.0 Å². The second-order valence-corrected chi connectivity index (χ2v) is 7.07. The average molecular weight is 383 g/mol. The molecule has 0 heterocycles. The van der Waals surface area contributed by atoms with Crippen LogP contribution in [0.25, 0.3) is 0 Å². The normalized spacial score (nSPS) is 11.5. The van der Waals surface area contributed by atoms with Crippen molar-refractivity contribution in [1.82, 2.24) is 4.72 Å². The summed E-state index contributed by atoms with van der Waals surface area (Å²) in [5.41, 5.74) is 0.129. The summed E-state index contributed by atoms with van der Waals surface area (Å²) in [6, 6.07) is 10.8. The van der Waals surface area contributed by atoms with Crippen LogP contribution in [0.2, 0.25) is 0 Å². The molecule has 1 N–H and O–H groups in total. The fraction of sp³-hybridized carbons (Fsp3) is 0.222. The van der Waals surface area contributed by atoms with Crippen LogP contribution in [0.3, 0.4) is 0 Å². The number of aryl methyl sites for hydroxylation is 1. The molecule has 8 heteroatoms. The van der Waals surface area contributed by atoms with Gasteiger partial charge in [0, 0.05) is 0 Å². The molecular weight excluding hydrogens is 367 g/mol. The summed E-state index contributed by atoms with van der Waals surface area (Å²) in [5, 5.41) is 0. The predicted octanol–water partition coefficient (Wildman–Crippen LogP) is 3.37. The first-order chi connectivity index (χ1) is 12.2. The van der Waals surface area contributed by atoms with E-state index in [2.05, 4.69) is 16.6 Å². The van der Waals surface area contributed by atoms with Crippen LogP contribution in [0.4, 0.5) is 13.2 Å². The molecule has 2 aromatic rings. The molecule has 4 nitrogen and oxygen atoms in total. The Morgan fingerprint density at radius 3 is 2.42 bits per heavy atom. The molecule has 0 aliphatic carbocycles. The fourth-order valence-corrected chi connectivity index (χ4v) is 2.85. The first-order valence-electron chi connectivity index (χ1n) is 7.50. The van der Waals surface area contributed by atoms with Gasteiger partial charge in [0.15, 0.2) is 0 Å². The topological polar surface area (TPSA) is 55.4 Å². The molecule has 0 spiro atoms. The van der Waals surface area contributed by atoms with Crippen LogP contribution in [-0.4, -0.2) is 21.6 Å².